The first-order valence-corrected chi connectivity index (χ1v) is 7.05. The summed E-state index contributed by atoms with van der Waals surface area (Å²) < 4.78 is 42.3. The summed E-state index contributed by atoms with van der Waals surface area (Å²) in [6.07, 6.45) is -5.20. The summed E-state index contributed by atoms with van der Waals surface area (Å²) in [5, 5.41) is 11.2. The smallest absolute Gasteiger partial charge is 0.478 e. The van der Waals surface area contributed by atoms with Gasteiger partial charge in [-0.1, -0.05) is 6.07 Å². The van der Waals surface area contributed by atoms with Crippen LogP contribution in [0.3, 0.4) is 0 Å². The Labute approximate surface area is 146 Å². The number of nitrogens with two attached hydrogens (primary N) is 1. The van der Waals surface area contributed by atoms with Crippen molar-refractivity contribution in [2.75, 3.05) is 5.73 Å². The van der Waals surface area contributed by atoms with Gasteiger partial charge in [-0.15, -0.1) is 13.2 Å². The van der Waals surface area contributed by atoms with E-state index in [1.54, 1.807) is 0 Å². The van der Waals surface area contributed by atoms with Gasteiger partial charge in [0.05, 0.1) is 16.7 Å². The maximum absolute atomic E-state index is 12.7. The summed E-state index contributed by atoms with van der Waals surface area (Å²) in [4.78, 5) is 47.4. The van der Waals surface area contributed by atoms with Crippen LogP contribution in [0.4, 0.5) is 19.0 Å². The Morgan fingerprint density at radius 3 is 2.44 bits per heavy atom. The highest BCUT2D eigenvalue weighted by Crippen LogP contribution is 2.33. The van der Waals surface area contributed by atoms with Crippen LogP contribution in [-0.4, -0.2) is 33.8 Å². The van der Waals surface area contributed by atoms with Crippen LogP contribution in [0.5, 0.6) is 5.75 Å². The van der Waals surface area contributed by atoms with E-state index in [4.69, 9.17) is 5.73 Å². The zero-order valence-corrected chi connectivity index (χ0v) is 13.0. The highest BCUT2D eigenvalue weighted by Gasteiger charge is 2.36. The average molecular weight is 383 g/mol. The molecular weight excluding hydrogens is 375 g/mol. The summed E-state index contributed by atoms with van der Waals surface area (Å²) in [5.41, 5.74) is 2.21. The van der Waals surface area contributed by atoms with Crippen LogP contribution in [0, 0.1) is 0 Å². The van der Waals surface area contributed by atoms with Crippen molar-refractivity contribution in [1.82, 2.24) is 9.88 Å². The number of carbonyl (C=O) groups excluding carboxylic acids is 2. The van der Waals surface area contributed by atoms with Crippen LogP contribution in [0.15, 0.2) is 29.1 Å². The lowest BCUT2D eigenvalue weighted by atomic mass is 10.1. The predicted molar refractivity (Wildman–Crippen MR) is 81.9 cm³/mol. The molecule has 12 heteroatoms. The molecule has 0 atom stereocenters. The van der Waals surface area contributed by atoms with E-state index >= 15 is 0 Å². The van der Waals surface area contributed by atoms with Gasteiger partial charge in [0, 0.05) is 6.07 Å². The third kappa shape index (κ3) is 2.96. The van der Waals surface area contributed by atoms with Crippen LogP contribution in [0.1, 0.15) is 31.1 Å². The number of hydrogen-bond donors (Lipinski definition) is 3. The number of fused-ring (bicyclic) bond motifs is 1. The summed E-state index contributed by atoms with van der Waals surface area (Å²) in [7, 11) is 0. The summed E-state index contributed by atoms with van der Waals surface area (Å²) in [6, 6.07) is 3.34. The van der Waals surface area contributed by atoms with Gasteiger partial charge in [-0.05, 0) is 12.1 Å². The number of halogens is 3. The minimum Gasteiger partial charge on any atom is -0.478 e. The van der Waals surface area contributed by atoms with Gasteiger partial charge < -0.3 is 15.6 Å². The number of aromatic carboxylic acids is 1. The first-order chi connectivity index (χ1) is 12.5. The van der Waals surface area contributed by atoms with Gasteiger partial charge in [0.2, 0.25) is 0 Å². The molecule has 0 spiro atoms. The standard InChI is InChI=1S/C15H8F3N3O6/c16-15(17,18)27-7-3-1-2-5(14(25)26)10(7)21-8(22)4-6-9(11(21)19)13(24)20-12(6)23/h1-4H,19H2,(H,25,26)(H,20,23,24). The number of para-hydroxylation sites is 1. The van der Waals surface area contributed by atoms with E-state index in [9.17, 15) is 37.5 Å². The zero-order valence-electron chi connectivity index (χ0n) is 13.0. The van der Waals surface area contributed by atoms with E-state index < -0.39 is 58.1 Å². The second-order valence-electron chi connectivity index (χ2n) is 5.28. The third-order valence-electron chi connectivity index (χ3n) is 3.63. The fourth-order valence-electron chi connectivity index (χ4n) is 2.64. The van der Waals surface area contributed by atoms with Crippen LogP contribution < -0.4 is 21.3 Å². The van der Waals surface area contributed by atoms with E-state index in [2.05, 4.69) is 4.74 Å². The number of carbonyl (C=O) groups is 3. The molecule has 0 radical (unpaired) electrons. The Morgan fingerprint density at radius 1 is 1.19 bits per heavy atom. The molecular formula is C15H8F3N3O6. The van der Waals surface area contributed by atoms with Crippen LogP contribution >= 0.6 is 0 Å². The number of alkyl halides is 3. The number of imide groups is 1. The summed E-state index contributed by atoms with van der Waals surface area (Å²) in [6.45, 7) is 0. The molecule has 1 aromatic heterocycles. The molecule has 0 bridgehead atoms. The number of nitrogens with one attached hydrogen (secondary N) is 1. The lowest BCUT2D eigenvalue weighted by Gasteiger charge is -2.18. The number of pyridine rings is 1. The van der Waals surface area contributed by atoms with Gasteiger partial charge in [-0.25, -0.2) is 4.79 Å². The molecule has 2 amide bonds. The van der Waals surface area contributed by atoms with E-state index in [-0.39, 0.29) is 5.56 Å². The van der Waals surface area contributed by atoms with Gasteiger partial charge in [-0.2, -0.15) is 0 Å². The number of hydrogen-bond acceptors (Lipinski definition) is 6. The first kappa shape index (κ1) is 18.0. The van der Waals surface area contributed by atoms with Crippen molar-refractivity contribution in [3.8, 4) is 11.4 Å². The average Bonchev–Trinajstić information content (AvgIpc) is 2.81. The SMILES string of the molecule is Nc1c2c(cc(=O)n1-c1c(OC(F)(F)F)cccc1C(=O)O)C(=O)NC2=O. The second-order valence-corrected chi connectivity index (χ2v) is 5.28. The highest BCUT2D eigenvalue weighted by molar-refractivity contribution is 6.23. The molecule has 0 unspecified atom stereocenters. The monoisotopic (exact) mass is 383 g/mol. The molecule has 0 aliphatic carbocycles. The van der Waals surface area contributed by atoms with Crippen molar-refractivity contribution < 1.29 is 37.4 Å². The van der Waals surface area contributed by atoms with Crippen molar-refractivity contribution in [3.63, 3.8) is 0 Å². The number of benzene rings is 1. The minimum atomic E-state index is -5.20. The third-order valence-corrected chi connectivity index (χ3v) is 3.63. The van der Waals surface area contributed by atoms with Crippen molar-refractivity contribution in [3.05, 3.63) is 51.3 Å². The normalized spacial score (nSPS) is 13.3. The molecule has 0 saturated carbocycles. The number of amides is 2. The minimum absolute atomic E-state index is 0.371. The quantitative estimate of drug-likeness (QED) is 0.669. The summed E-state index contributed by atoms with van der Waals surface area (Å²) >= 11 is 0. The van der Waals surface area contributed by atoms with E-state index in [1.165, 1.54) is 0 Å². The number of carboxylic acid groups (broad SMARTS) is 1. The van der Waals surface area contributed by atoms with Crippen molar-refractivity contribution in [2.24, 2.45) is 0 Å². The molecule has 1 aliphatic heterocycles. The molecule has 27 heavy (non-hydrogen) atoms. The van der Waals surface area contributed by atoms with Crippen LogP contribution in [0.25, 0.3) is 5.69 Å². The van der Waals surface area contributed by atoms with Crippen molar-refractivity contribution in [2.45, 2.75) is 6.36 Å². The largest absolute Gasteiger partial charge is 0.573 e. The Hall–Kier alpha value is -3.83. The molecule has 1 aromatic carbocycles. The van der Waals surface area contributed by atoms with Gasteiger partial charge >= 0.3 is 12.3 Å². The van der Waals surface area contributed by atoms with Crippen LogP contribution in [-0.2, 0) is 0 Å². The number of rotatable bonds is 3. The van der Waals surface area contributed by atoms with Crippen molar-refractivity contribution in [1.29, 1.82) is 0 Å². The lowest BCUT2D eigenvalue weighted by molar-refractivity contribution is -0.274. The molecule has 0 fully saturated rings. The summed E-state index contributed by atoms with van der Waals surface area (Å²) in [5.74, 6) is -5.30. The maximum atomic E-state index is 12.7. The fraction of sp³-hybridized carbons (Fsp3) is 0.0667. The number of nitrogen functional groups attached to an aromatic ring is 1. The Balaban J connectivity index is 2.40. The fourth-order valence-corrected chi connectivity index (χ4v) is 2.64. The molecule has 2 aromatic rings. The lowest BCUT2D eigenvalue weighted by Crippen LogP contribution is -2.27. The molecule has 140 valence electrons. The predicted octanol–water partition coefficient (Wildman–Crippen LogP) is 0.900. The molecule has 0 saturated heterocycles. The number of ether oxygens (including phenoxy) is 1. The second kappa shape index (κ2) is 5.86. The first-order valence-electron chi connectivity index (χ1n) is 7.05. The highest BCUT2D eigenvalue weighted by atomic mass is 19.4. The van der Waals surface area contributed by atoms with Gasteiger partial charge in [0.25, 0.3) is 17.4 Å². The molecule has 3 rings (SSSR count). The number of anilines is 1. The van der Waals surface area contributed by atoms with Gasteiger partial charge in [-0.3, -0.25) is 24.3 Å². The molecule has 1 aliphatic rings. The molecule has 9 nitrogen and oxygen atoms in total. The van der Waals surface area contributed by atoms with Crippen molar-refractivity contribution >= 4 is 23.6 Å². The number of carboxylic acids is 1. The molecule has 2 heterocycles. The van der Waals surface area contributed by atoms with E-state index in [0.29, 0.717) is 10.6 Å². The Bertz CT molecular complexity index is 1070. The Morgan fingerprint density at radius 2 is 1.85 bits per heavy atom. The number of nitrogens with zero attached hydrogens (tertiary/aromatic N) is 1. The van der Waals surface area contributed by atoms with E-state index in [0.717, 1.165) is 18.2 Å². The number of aromatic nitrogens is 1. The zero-order chi connectivity index (χ0) is 20.1. The molecule has 4 N–H and O–H groups in total. The topological polar surface area (TPSA) is 141 Å². The van der Waals surface area contributed by atoms with Gasteiger partial charge in [0.15, 0.2) is 5.75 Å². The van der Waals surface area contributed by atoms with Crippen LogP contribution in [0.2, 0.25) is 0 Å². The van der Waals surface area contributed by atoms with E-state index in [1.807, 2.05) is 5.32 Å². The maximum Gasteiger partial charge on any atom is 0.573 e. The Kier molecular flexibility index (Phi) is 3.90. The van der Waals surface area contributed by atoms with Gasteiger partial charge in [0.1, 0.15) is 11.5 Å².